The molecule has 0 aromatic carbocycles. The number of nitrogen functional groups attached to an aromatic ring is 1. The van der Waals surface area contributed by atoms with Gasteiger partial charge in [-0.25, -0.2) is 0 Å². The predicted molar refractivity (Wildman–Crippen MR) is 70.3 cm³/mol. The molecule has 92 valence electrons. The summed E-state index contributed by atoms with van der Waals surface area (Å²) >= 11 is 0. The third kappa shape index (κ3) is 2.45. The van der Waals surface area contributed by atoms with Crippen molar-refractivity contribution in [2.24, 2.45) is 0 Å². The third-order valence-electron chi connectivity index (χ3n) is 2.57. The van der Waals surface area contributed by atoms with Crippen molar-refractivity contribution >= 4 is 17.3 Å². The molecule has 18 heavy (non-hydrogen) atoms. The van der Waals surface area contributed by atoms with E-state index >= 15 is 0 Å². The largest absolute Gasteiger partial charge is 0.398 e. The predicted octanol–water partition coefficient (Wildman–Crippen LogP) is 1.93. The fourth-order valence-electron chi connectivity index (χ4n) is 1.60. The molecule has 0 spiro atoms. The number of hydrogen-bond donors (Lipinski definition) is 2. The van der Waals surface area contributed by atoms with Crippen LogP contribution in [0.1, 0.15) is 21.7 Å². The normalized spacial score (nSPS) is 10.1. The number of nitrogens with zero attached hydrogens (tertiary/aromatic N) is 2. The Balaban J connectivity index is 2.24. The van der Waals surface area contributed by atoms with E-state index in [0.29, 0.717) is 16.9 Å². The fourth-order valence-corrected chi connectivity index (χ4v) is 1.60. The highest BCUT2D eigenvalue weighted by molar-refractivity contribution is 6.07. The van der Waals surface area contributed by atoms with Crippen molar-refractivity contribution in [2.45, 2.75) is 13.8 Å². The first-order valence-corrected chi connectivity index (χ1v) is 5.53. The first kappa shape index (κ1) is 12.0. The van der Waals surface area contributed by atoms with Crippen LogP contribution in [0.15, 0.2) is 30.6 Å². The average Bonchev–Trinajstić information content (AvgIpc) is 2.33. The lowest BCUT2D eigenvalue weighted by atomic mass is 10.2. The number of nitrogens with one attached hydrogen (secondary N) is 1. The van der Waals surface area contributed by atoms with E-state index in [9.17, 15) is 4.79 Å². The second-order valence-electron chi connectivity index (χ2n) is 4.00. The van der Waals surface area contributed by atoms with Gasteiger partial charge in [0, 0.05) is 23.8 Å². The Bertz CT molecular complexity index is 595. The number of hydrogen-bond acceptors (Lipinski definition) is 4. The second kappa shape index (κ2) is 4.83. The van der Waals surface area contributed by atoms with Gasteiger partial charge in [0.2, 0.25) is 0 Å². The Morgan fingerprint density at radius 2 is 2.06 bits per heavy atom. The van der Waals surface area contributed by atoms with Crippen molar-refractivity contribution in [1.82, 2.24) is 9.97 Å². The minimum absolute atomic E-state index is 0.283. The molecule has 2 heterocycles. The van der Waals surface area contributed by atoms with Crippen LogP contribution in [0, 0.1) is 13.8 Å². The van der Waals surface area contributed by atoms with Crippen molar-refractivity contribution < 1.29 is 4.79 Å². The van der Waals surface area contributed by atoms with Crippen molar-refractivity contribution in [3.05, 3.63) is 47.5 Å². The summed E-state index contributed by atoms with van der Waals surface area (Å²) in [5, 5.41) is 2.77. The lowest BCUT2D eigenvalue weighted by Gasteiger charge is -2.09. The number of nitrogens with two attached hydrogens (primary N) is 1. The van der Waals surface area contributed by atoms with E-state index < -0.39 is 0 Å². The van der Waals surface area contributed by atoms with Gasteiger partial charge in [-0.3, -0.25) is 14.8 Å². The van der Waals surface area contributed by atoms with Gasteiger partial charge in [0.25, 0.3) is 5.91 Å². The molecule has 0 atom stereocenters. The second-order valence-corrected chi connectivity index (χ2v) is 4.00. The number of pyridine rings is 2. The molecule has 0 fully saturated rings. The van der Waals surface area contributed by atoms with Crippen LogP contribution in [-0.4, -0.2) is 15.9 Å². The van der Waals surface area contributed by atoms with Gasteiger partial charge in [-0.15, -0.1) is 0 Å². The number of aromatic nitrogens is 2. The molecule has 2 rings (SSSR count). The molecular formula is C13H14N4O. The molecule has 3 N–H and O–H groups in total. The summed E-state index contributed by atoms with van der Waals surface area (Å²) < 4.78 is 0. The first-order valence-electron chi connectivity index (χ1n) is 5.53. The summed E-state index contributed by atoms with van der Waals surface area (Å²) in [6, 6.07) is 5.26. The quantitative estimate of drug-likeness (QED) is 0.843. The van der Waals surface area contributed by atoms with Gasteiger partial charge in [-0.05, 0) is 32.0 Å². The summed E-state index contributed by atoms with van der Waals surface area (Å²) in [5.41, 5.74) is 8.84. The van der Waals surface area contributed by atoms with E-state index in [4.69, 9.17) is 5.73 Å². The zero-order chi connectivity index (χ0) is 13.1. The van der Waals surface area contributed by atoms with Gasteiger partial charge in [0.1, 0.15) is 0 Å². The van der Waals surface area contributed by atoms with Crippen molar-refractivity contribution in [3.8, 4) is 0 Å². The van der Waals surface area contributed by atoms with Gasteiger partial charge >= 0.3 is 0 Å². The molecule has 0 aliphatic rings. The molecule has 5 nitrogen and oxygen atoms in total. The van der Waals surface area contributed by atoms with Gasteiger partial charge in [0.15, 0.2) is 0 Å². The minimum atomic E-state index is -0.283. The van der Waals surface area contributed by atoms with Crippen LogP contribution < -0.4 is 11.1 Å². The third-order valence-corrected chi connectivity index (χ3v) is 2.57. The molecule has 0 bridgehead atoms. The van der Waals surface area contributed by atoms with Gasteiger partial charge < -0.3 is 11.1 Å². The molecule has 0 radical (unpaired) electrons. The van der Waals surface area contributed by atoms with E-state index in [1.807, 2.05) is 26.0 Å². The van der Waals surface area contributed by atoms with Crippen molar-refractivity contribution in [3.63, 3.8) is 0 Å². The molecule has 2 aromatic rings. The van der Waals surface area contributed by atoms with Crippen LogP contribution >= 0.6 is 0 Å². The first-order chi connectivity index (χ1) is 8.58. The Morgan fingerprint density at radius 1 is 1.28 bits per heavy atom. The van der Waals surface area contributed by atoms with Gasteiger partial charge in [-0.2, -0.15) is 0 Å². The Labute approximate surface area is 105 Å². The number of amides is 1. The number of carbonyl (C=O) groups excluding carboxylic acids is 1. The minimum Gasteiger partial charge on any atom is -0.398 e. The van der Waals surface area contributed by atoms with Crippen molar-refractivity contribution in [2.75, 3.05) is 11.1 Å². The van der Waals surface area contributed by atoms with Crippen LogP contribution in [0.2, 0.25) is 0 Å². The molecule has 0 saturated heterocycles. The highest BCUT2D eigenvalue weighted by Gasteiger charge is 2.11. The Kier molecular flexibility index (Phi) is 3.23. The van der Waals surface area contributed by atoms with Gasteiger partial charge in [0.05, 0.1) is 16.9 Å². The average molecular weight is 242 g/mol. The van der Waals surface area contributed by atoms with E-state index in [1.54, 1.807) is 12.3 Å². The van der Waals surface area contributed by atoms with Crippen LogP contribution in [0.5, 0.6) is 0 Å². The van der Waals surface area contributed by atoms with Crippen LogP contribution in [0.25, 0.3) is 0 Å². The topological polar surface area (TPSA) is 80.9 Å². The molecule has 5 heteroatoms. The van der Waals surface area contributed by atoms with E-state index in [-0.39, 0.29) is 5.91 Å². The van der Waals surface area contributed by atoms with E-state index in [2.05, 4.69) is 15.3 Å². The molecule has 0 aliphatic carbocycles. The molecule has 2 aromatic heterocycles. The Morgan fingerprint density at radius 3 is 2.72 bits per heavy atom. The molecule has 1 amide bonds. The van der Waals surface area contributed by atoms with Crippen LogP contribution in [0.3, 0.4) is 0 Å². The highest BCUT2D eigenvalue weighted by atomic mass is 16.1. The molecule has 0 unspecified atom stereocenters. The van der Waals surface area contributed by atoms with Crippen LogP contribution in [-0.2, 0) is 0 Å². The summed E-state index contributed by atoms with van der Waals surface area (Å²) in [5.74, 6) is -0.283. The number of carbonyl (C=O) groups is 1. The monoisotopic (exact) mass is 242 g/mol. The smallest absolute Gasteiger partial charge is 0.259 e. The SMILES string of the molecule is Cc1ccc(NC(=O)c2cnccc2N)c(C)n1. The summed E-state index contributed by atoms with van der Waals surface area (Å²) in [4.78, 5) is 20.2. The summed E-state index contributed by atoms with van der Waals surface area (Å²) in [6.07, 6.45) is 2.99. The lowest BCUT2D eigenvalue weighted by Crippen LogP contribution is -2.15. The maximum Gasteiger partial charge on any atom is 0.259 e. The van der Waals surface area contributed by atoms with Crippen LogP contribution in [0.4, 0.5) is 11.4 Å². The van der Waals surface area contributed by atoms with E-state index in [1.165, 1.54) is 6.20 Å². The molecule has 0 saturated carbocycles. The number of rotatable bonds is 2. The zero-order valence-corrected chi connectivity index (χ0v) is 10.3. The lowest BCUT2D eigenvalue weighted by molar-refractivity contribution is 0.102. The number of aryl methyl sites for hydroxylation is 2. The summed E-state index contributed by atoms with van der Waals surface area (Å²) in [6.45, 7) is 3.74. The number of anilines is 2. The summed E-state index contributed by atoms with van der Waals surface area (Å²) in [7, 11) is 0. The van der Waals surface area contributed by atoms with E-state index in [0.717, 1.165) is 11.4 Å². The Hall–Kier alpha value is -2.43. The molecular weight excluding hydrogens is 228 g/mol. The highest BCUT2D eigenvalue weighted by Crippen LogP contribution is 2.16. The zero-order valence-electron chi connectivity index (χ0n) is 10.3. The maximum atomic E-state index is 12.0. The maximum absolute atomic E-state index is 12.0. The van der Waals surface area contributed by atoms with Gasteiger partial charge in [-0.1, -0.05) is 0 Å². The molecule has 0 aliphatic heterocycles. The van der Waals surface area contributed by atoms with Crippen molar-refractivity contribution in [1.29, 1.82) is 0 Å². The fraction of sp³-hybridized carbons (Fsp3) is 0.154. The standard InChI is InChI=1S/C13H14N4O/c1-8-3-4-12(9(2)16-8)17-13(18)10-7-15-6-5-11(10)14/h3-7H,1-2H3,(H2,14,15)(H,17,18).